The summed E-state index contributed by atoms with van der Waals surface area (Å²) in [7, 11) is 0. The van der Waals surface area contributed by atoms with Crippen molar-refractivity contribution in [2.75, 3.05) is 39.6 Å². The Hall–Kier alpha value is -2.12. The molecule has 0 saturated carbocycles. The molecule has 4 atom stereocenters. The molecule has 0 aromatic heterocycles. The lowest BCUT2D eigenvalue weighted by Crippen LogP contribution is -2.22. The second-order valence-electron chi connectivity index (χ2n) is 17.5. The SMILES string of the molecule is CCCC1OC1(CC)COCCCCCCCCCCCCOc1ccc(-c2ccc(OCCCCCCCCCCCCOCC3(CC)OC3CCC)cc2)cc1. The van der Waals surface area contributed by atoms with Crippen LogP contribution in [0.4, 0.5) is 0 Å². The molecule has 0 radical (unpaired) electrons. The lowest BCUT2D eigenvalue weighted by atomic mass is 10.0. The molecule has 0 N–H and O–H groups in total. The Balaban J connectivity index is 0.879. The Morgan fingerprint density at radius 2 is 0.690 bits per heavy atom. The van der Waals surface area contributed by atoms with Crippen LogP contribution in [0.3, 0.4) is 0 Å². The molecule has 0 amide bonds. The molecule has 4 rings (SSSR count). The summed E-state index contributed by atoms with van der Waals surface area (Å²) in [6.07, 6.45) is 33.6. The molecule has 2 aromatic carbocycles. The fraction of sp³-hybridized carbons (Fsp3) is 0.769. The van der Waals surface area contributed by atoms with Gasteiger partial charge < -0.3 is 28.4 Å². The van der Waals surface area contributed by atoms with Gasteiger partial charge in [-0.25, -0.2) is 0 Å². The number of ether oxygens (including phenoxy) is 6. The summed E-state index contributed by atoms with van der Waals surface area (Å²) in [5.74, 6) is 1.92. The molecule has 2 heterocycles. The van der Waals surface area contributed by atoms with Crippen LogP contribution in [0.2, 0.25) is 0 Å². The van der Waals surface area contributed by atoms with E-state index in [1.54, 1.807) is 0 Å². The van der Waals surface area contributed by atoms with Gasteiger partial charge in [-0.15, -0.1) is 0 Å². The molecular weight excluding hydrogens is 721 g/mol. The molecule has 4 unspecified atom stereocenters. The third-order valence-corrected chi connectivity index (χ3v) is 12.7. The van der Waals surface area contributed by atoms with Crippen molar-refractivity contribution in [2.45, 2.75) is 218 Å². The molecule has 6 heteroatoms. The van der Waals surface area contributed by atoms with Crippen molar-refractivity contribution >= 4 is 0 Å². The van der Waals surface area contributed by atoms with Gasteiger partial charge in [-0.05, 0) is 86.8 Å². The standard InChI is InChI=1S/C52H86O6/c1-5-29-49-51(7-3,57-49)43-53-39-25-21-17-13-9-11-15-19-23-27-41-55-47-35-31-45(32-36-47)46-33-37-48(38-34-46)56-42-28-24-20-16-12-10-14-18-22-26-40-54-44-52(8-4)50(58-52)30-6-2/h31-38,49-50H,5-30,39-44H2,1-4H3. The van der Waals surface area contributed by atoms with Crippen LogP contribution < -0.4 is 9.47 Å². The third-order valence-electron chi connectivity index (χ3n) is 12.7. The van der Waals surface area contributed by atoms with Crippen molar-refractivity contribution in [2.24, 2.45) is 0 Å². The summed E-state index contributed by atoms with van der Waals surface area (Å²) in [5, 5.41) is 0. The Labute approximate surface area is 356 Å². The van der Waals surface area contributed by atoms with Crippen LogP contribution in [0.25, 0.3) is 11.1 Å². The van der Waals surface area contributed by atoms with Crippen molar-refractivity contribution in [3.63, 3.8) is 0 Å². The first-order chi connectivity index (χ1) is 28.6. The van der Waals surface area contributed by atoms with Gasteiger partial charge >= 0.3 is 0 Å². The van der Waals surface area contributed by atoms with Crippen LogP contribution in [-0.2, 0) is 18.9 Å². The zero-order valence-electron chi connectivity index (χ0n) is 37.9. The van der Waals surface area contributed by atoms with E-state index in [1.165, 1.54) is 152 Å². The van der Waals surface area contributed by atoms with Gasteiger partial charge in [-0.1, -0.05) is 168 Å². The summed E-state index contributed by atoms with van der Waals surface area (Å²) < 4.78 is 35.9. The molecule has 0 aliphatic carbocycles. The monoisotopic (exact) mass is 807 g/mol. The molecule has 6 nitrogen and oxygen atoms in total. The minimum absolute atomic E-state index is 0.0414. The number of benzene rings is 2. The van der Waals surface area contributed by atoms with Crippen LogP contribution in [0, 0.1) is 0 Å². The largest absolute Gasteiger partial charge is 0.494 e. The van der Waals surface area contributed by atoms with Crippen LogP contribution in [0.5, 0.6) is 11.5 Å². The highest BCUT2D eigenvalue weighted by atomic mass is 16.6. The van der Waals surface area contributed by atoms with E-state index < -0.39 is 0 Å². The van der Waals surface area contributed by atoms with Crippen molar-refractivity contribution < 1.29 is 28.4 Å². The van der Waals surface area contributed by atoms with Crippen LogP contribution in [0.1, 0.15) is 195 Å². The van der Waals surface area contributed by atoms with E-state index in [2.05, 4.69) is 76.2 Å². The van der Waals surface area contributed by atoms with Gasteiger partial charge in [-0.2, -0.15) is 0 Å². The summed E-state index contributed by atoms with van der Waals surface area (Å²) in [5.41, 5.74) is 2.50. The van der Waals surface area contributed by atoms with Crippen LogP contribution in [-0.4, -0.2) is 63.1 Å². The Morgan fingerprint density at radius 1 is 0.397 bits per heavy atom. The lowest BCUT2D eigenvalue weighted by molar-refractivity contribution is 0.0742. The van der Waals surface area contributed by atoms with E-state index >= 15 is 0 Å². The maximum Gasteiger partial charge on any atom is 0.119 e. The fourth-order valence-electron chi connectivity index (χ4n) is 8.54. The Morgan fingerprint density at radius 3 is 0.983 bits per heavy atom. The summed E-state index contributed by atoms with van der Waals surface area (Å²) in [4.78, 5) is 0. The molecule has 0 spiro atoms. The Bertz CT molecular complexity index is 1180. The van der Waals surface area contributed by atoms with Gasteiger partial charge in [0.05, 0.1) is 38.6 Å². The van der Waals surface area contributed by atoms with Gasteiger partial charge in [0, 0.05) is 13.2 Å². The van der Waals surface area contributed by atoms with Gasteiger partial charge in [0.2, 0.25) is 0 Å². The van der Waals surface area contributed by atoms with Gasteiger partial charge in [0.15, 0.2) is 0 Å². The van der Waals surface area contributed by atoms with Crippen LogP contribution in [0.15, 0.2) is 48.5 Å². The average molecular weight is 807 g/mol. The summed E-state index contributed by atoms with van der Waals surface area (Å²) >= 11 is 0. The van der Waals surface area contributed by atoms with Crippen molar-refractivity contribution in [1.29, 1.82) is 0 Å². The normalized spacial score (nSPS) is 21.0. The molecule has 2 aliphatic heterocycles. The first-order valence-electron chi connectivity index (χ1n) is 24.5. The number of hydrogen-bond donors (Lipinski definition) is 0. The van der Waals surface area contributed by atoms with Crippen LogP contribution >= 0.6 is 0 Å². The number of epoxide rings is 2. The first kappa shape index (κ1) is 48.5. The van der Waals surface area contributed by atoms with E-state index in [0.29, 0.717) is 12.2 Å². The number of rotatable bonds is 39. The molecule has 330 valence electrons. The smallest absolute Gasteiger partial charge is 0.119 e. The third kappa shape index (κ3) is 18.7. The highest BCUT2D eigenvalue weighted by Crippen LogP contribution is 2.43. The topological polar surface area (TPSA) is 62.0 Å². The lowest BCUT2D eigenvalue weighted by Gasteiger charge is -2.11. The van der Waals surface area contributed by atoms with E-state index in [9.17, 15) is 0 Å². The van der Waals surface area contributed by atoms with Crippen molar-refractivity contribution in [3.8, 4) is 22.6 Å². The molecule has 0 bridgehead atoms. The first-order valence-corrected chi connectivity index (χ1v) is 24.5. The molecule has 58 heavy (non-hydrogen) atoms. The van der Waals surface area contributed by atoms with Gasteiger partial charge in [-0.3, -0.25) is 0 Å². The minimum Gasteiger partial charge on any atom is -0.494 e. The molecule has 2 aromatic rings. The predicted octanol–water partition coefficient (Wildman–Crippen LogP) is 14.6. The average Bonchev–Trinajstić information content (AvgIpc) is 4.15. The highest BCUT2D eigenvalue weighted by molar-refractivity contribution is 5.64. The van der Waals surface area contributed by atoms with Crippen molar-refractivity contribution in [1.82, 2.24) is 0 Å². The highest BCUT2D eigenvalue weighted by Gasteiger charge is 2.54. The van der Waals surface area contributed by atoms with Gasteiger partial charge in [0.1, 0.15) is 22.7 Å². The molecule has 2 saturated heterocycles. The number of unbranched alkanes of at least 4 members (excludes halogenated alkanes) is 18. The quantitative estimate of drug-likeness (QED) is 0.0495. The maximum atomic E-state index is 6.05. The predicted molar refractivity (Wildman–Crippen MR) is 242 cm³/mol. The molecule has 2 aliphatic rings. The van der Waals surface area contributed by atoms with E-state index in [1.807, 2.05) is 0 Å². The van der Waals surface area contributed by atoms with Crippen molar-refractivity contribution in [3.05, 3.63) is 48.5 Å². The maximum absolute atomic E-state index is 6.05. The summed E-state index contributed by atoms with van der Waals surface area (Å²) in [6, 6.07) is 17.1. The zero-order chi connectivity index (χ0) is 41.0. The van der Waals surface area contributed by atoms with Gasteiger partial charge in [0.25, 0.3) is 0 Å². The second-order valence-corrected chi connectivity index (χ2v) is 17.5. The van der Waals surface area contributed by atoms with E-state index in [-0.39, 0.29) is 11.2 Å². The van der Waals surface area contributed by atoms with E-state index in [0.717, 1.165) is 76.8 Å². The molecular formula is C52H86O6. The minimum atomic E-state index is 0.0414. The van der Waals surface area contributed by atoms with E-state index in [4.69, 9.17) is 28.4 Å². The fourth-order valence-corrected chi connectivity index (χ4v) is 8.54. The summed E-state index contributed by atoms with van der Waals surface area (Å²) in [6.45, 7) is 13.9. The Kier molecular flexibility index (Phi) is 24.4. The number of hydrogen-bond acceptors (Lipinski definition) is 6. The second kappa shape index (κ2) is 29.2. The zero-order valence-corrected chi connectivity index (χ0v) is 37.9. The molecule has 2 fully saturated rings.